The Morgan fingerprint density at radius 2 is 0.847 bits per heavy atom. The number of phosphoric ester groups is 1. The van der Waals surface area contributed by atoms with E-state index < -0.39 is 13.9 Å². The average molecular weight is 858 g/mol. The second-order valence-corrected chi connectivity index (χ2v) is 18.8. The van der Waals surface area contributed by atoms with E-state index in [2.05, 4.69) is 26.0 Å². The van der Waals surface area contributed by atoms with Gasteiger partial charge in [-0.05, 0) is 38.5 Å². The number of unbranched alkanes of at least 4 members (excludes halogenated alkanes) is 35. The zero-order chi connectivity index (χ0) is 43.0. The molecule has 0 spiro atoms. The van der Waals surface area contributed by atoms with Crippen LogP contribution in [0.2, 0.25) is 0 Å². The van der Waals surface area contributed by atoms with Gasteiger partial charge in [0.2, 0.25) is 0 Å². The van der Waals surface area contributed by atoms with Gasteiger partial charge in [0.1, 0.15) is 6.10 Å². The van der Waals surface area contributed by atoms with Crippen LogP contribution in [0.25, 0.3) is 0 Å². The number of carbonyl (C=O) groups is 1. The van der Waals surface area contributed by atoms with Crippen LogP contribution >= 0.6 is 7.82 Å². The van der Waals surface area contributed by atoms with Crippen LogP contribution in [0.1, 0.15) is 264 Å². The van der Waals surface area contributed by atoms with Gasteiger partial charge in [0, 0.05) is 19.6 Å². The number of esters is 1. The molecule has 0 fully saturated rings. The molecule has 352 valence electrons. The van der Waals surface area contributed by atoms with Gasteiger partial charge in [0.25, 0.3) is 0 Å². The van der Waals surface area contributed by atoms with E-state index in [9.17, 15) is 14.3 Å². The number of allylic oxidation sites excluding steroid dienone is 2. The summed E-state index contributed by atoms with van der Waals surface area (Å²) in [6, 6.07) is 0. The second-order valence-electron chi connectivity index (χ2n) is 17.4. The topological polar surface area (TPSA) is 117 Å². The molecule has 2 unspecified atom stereocenters. The molecule has 0 aromatic rings. The molecule has 2 atom stereocenters. The molecule has 8 nitrogen and oxygen atoms in total. The number of nitrogens with two attached hydrogens (primary N) is 1. The molecule has 0 saturated heterocycles. The molecule has 0 radical (unpaired) electrons. The van der Waals surface area contributed by atoms with Gasteiger partial charge < -0.3 is 20.1 Å². The maximum absolute atomic E-state index is 12.6. The molecule has 59 heavy (non-hydrogen) atoms. The number of carbonyl (C=O) groups excluding carboxylic acids is 1. The van der Waals surface area contributed by atoms with E-state index >= 15 is 0 Å². The van der Waals surface area contributed by atoms with E-state index in [-0.39, 0.29) is 32.3 Å². The van der Waals surface area contributed by atoms with Crippen LogP contribution in [-0.4, -0.2) is 49.9 Å². The minimum Gasteiger partial charge on any atom is -0.457 e. The third-order valence-electron chi connectivity index (χ3n) is 11.4. The second kappa shape index (κ2) is 48.3. The third kappa shape index (κ3) is 48.1. The highest BCUT2D eigenvalue weighted by atomic mass is 31.2. The van der Waals surface area contributed by atoms with Gasteiger partial charge in [-0.25, -0.2) is 4.57 Å². The van der Waals surface area contributed by atoms with E-state index in [1.807, 2.05) is 0 Å². The molecule has 0 aliphatic carbocycles. The van der Waals surface area contributed by atoms with Crippen LogP contribution < -0.4 is 5.73 Å². The SMILES string of the molecule is CCCCCCCCC/C=C\CCCCCCCC(=O)OC(COCCCCCCCCCCCCCCCCCCCCCCCCCC)COP(=O)(O)OCCN. The van der Waals surface area contributed by atoms with Crippen molar-refractivity contribution < 1.29 is 32.8 Å². The summed E-state index contributed by atoms with van der Waals surface area (Å²) in [7, 11) is -4.28. The molecule has 0 aromatic carbocycles. The Labute approximate surface area is 366 Å². The summed E-state index contributed by atoms with van der Waals surface area (Å²) in [6.07, 6.45) is 53.9. The van der Waals surface area contributed by atoms with Gasteiger partial charge in [-0.15, -0.1) is 0 Å². The van der Waals surface area contributed by atoms with E-state index in [1.54, 1.807) is 0 Å². The largest absolute Gasteiger partial charge is 0.472 e. The van der Waals surface area contributed by atoms with Crippen LogP contribution in [0.15, 0.2) is 12.2 Å². The fourth-order valence-corrected chi connectivity index (χ4v) is 8.41. The summed E-state index contributed by atoms with van der Waals surface area (Å²) in [5, 5.41) is 0. The predicted molar refractivity (Wildman–Crippen MR) is 252 cm³/mol. The molecule has 0 heterocycles. The zero-order valence-electron chi connectivity index (χ0n) is 39.3. The maximum atomic E-state index is 12.6. The molecule has 0 aliphatic rings. The molecular formula is C50H100NO7P. The van der Waals surface area contributed by atoms with Crippen molar-refractivity contribution in [1.82, 2.24) is 0 Å². The Morgan fingerprint density at radius 3 is 1.24 bits per heavy atom. The van der Waals surface area contributed by atoms with Gasteiger partial charge in [0.05, 0.1) is 19.8 Å². The highest BCUT2D eigenvalue weighted by Gasteiger charge is 2.25. The average Bonchev–Trinajstić information content (AvgIpc) is 3.23. The van der Waals surface area contributed by atoms with Crippen molar-refractivity contribution in [3.63, 3.8) is 0 Å². The zero-order valence-corrected chi connectivity index (χ0v) is 40.2. The van der Waals surface area contributed by atoms with E-state index in [0.717, 1.165) is 44.9 Å². The molecule has 0 saturated carbocycles. The highest BCUT2D eigenvalue weighted by molar-refractivity contribution is 7.47. The number of hydrogen-bond acceptors (Lipinski definition) is 7. The normalized spacial score (nSPS) is 13.4. The van der Waals surface area contributed by atoms with Crippen LogP contribution in [0.4, 0.5) is 0 Å². The maximum Gasteiger partial charge on any atom is 0.472 e. The Balaban J connectivity index is 3.87. The van der Waals surface area contributed by atoms with Crippen LogP contribution in [0.5, 0.6) is 0 Å². The van der Waals surface area contributed by atoms with Crippen molar-refractivity contribution in [2.45, 2.75) is 270 Å². The lowest BCUT2D eigenvalue weighted by Crippen LogP contribution is -2.28. The van der Waals surface area contributed by atoms with Gasteiger partial charge >= 0.3 is 13.8 Å². The monoisotopic (exact) mass is 858 g/mol. The summed E-state index contributed by atoms with van der Waals surface area (Å²) >= 11 is 0. The predicted octanol–water partition coefficient (Wildman–Crippen LogP) is 15.8. The van der Waals surface area contributed by atoms with Gasteiger partial charge in [0.15, 0.2) is 0 Å². The molecule has 0 rings (SSSR count). The summed E-state index contributed by atoms with van der Waals surface area (Å²) in [5.74, 6) is -0.332. The lowest BCUT2D eigenvalue weighted by molar-refractivity contribution is -0.154. The summed E-state index contributed by atoms with van der Waals surface area (Å²) in [5.41, 5.74) is 5.39. The number of rotatable bonds is 50. The Morgan fingerprint density at radius 1 is 0.492 bits per heavy atom. The van der Waals surface area contributed by atoms with Crippen LogP contribution in [0.3, 0.4) is 0 Å². The van der Waals surface area contributed by atoms with Crippen molar-refractivity contribution >= 4 is 13.8 Å². The number of ether oxygens (including phenoxy) is 2. The van der Waals surface area contributed by atoms with Gasteiger partial charge in [-0.2, -0.15) is 0 Å². The Hall–Kier alpha value is -0.760. The van der Waals surface area contributed by atoms with Crippen molar-refractivity contribution in [2.75, 3.05) is 33.0 Å². The first kappa shape index (κ1) is 58.2. The van der Waals surface area contributed by atoms with E-state index in [4.69, 9.17) is 24.3 Å². The van der Waals surface area contributed by atoms with Crippen LogP contribution in [-0.2, 0) is 27.9 Å². The van der Waals surface area contributed by atoms with Gasteiger partial charge in [-0.3, -0.25) is 13.8 Å². The number of phosphoric acid groups is 1. The van der Waals surface area contributed by atoms with Crippen LogP contribution in [0, 0.1) is 0 Å². The molecule has 3 N–H and O–H groups in total. The molecule has 0 bridgehead atoms. The minimum atomic E-state index is -4.28. The molecule has 0 aliphatic heterocycles. The first-order valence-corrected chi connectivity index (χ1v) is 27.2. The first-order chi connectivity index (χ1) is 28.9. The lowest BCUT2D eigenvalue weighted by atomic mass is 10.0. The Bertz CT molecular complexity index is 920. The fourth-order valence-electron chi connectivity index (χ4n) is 7.64. The summed E-state index contributed by atoms with van der Waals surface area (Å²) < 4.78 is 33.6. The van der Waals surface area contributed by atoms with Gasteiger partial charge in [-0.1, -0.05) is 231 Å². The quantitative estimate of drug-likeness (QED) is 0.0269. The summed E-state index contributed by atoms with van der Waals surface area (Å²) in [6.45, 7) is 4.97. The lowest BCUT2D eigenvalue weighted by Gasteiger charge is -2.20. The Kier molecular flexibility index (Phi) is 47.7. The van der Waals surface area contributed by atoms with Crippen molar-refractivity contribution in [2.24, 2.45) is 5.73 Å². The highest BCUT2D eigenvalue weighted by Crippen LogP contribution is 2.43. The molecule has 9 heteroatoms. The smallest absolute Gasteiger partial charge is 0.457 e. The molecule has 0 aromatic heterocycles. The fraction of sp³-hybridized carbons (Fsp3) is 0.940. The minimum absolute atomic E-state index is 0.0934. The standard InChI is InChI=1S/C50H100NO7P/c1-3-5-7-9-11-13-15-17-19-21-22-23-24-25-26-27-28-30-32-34-36-38-40-42-45-55-47-49(48-57-59(53,54)56-46-44-51)58-50(52)43-41-39-37-35-33-31-29-20-18-16-14-12-10-8-6-4-2/h20,29,49H,3-19,21-28,30-48,51H2,1-2H3,(H,53,54)/b29-20-. The van der Waals surface area contributed by atoms with Crippen molar-refractivity contribution in [1.29, 1.82) is 0 Å². The summed E-state index contributed by atoms with van der Waals surface area (Å²) in [4.78, 5) is 22.6. The first-order valence-electron chi connectivity index (χ1n) is 25.7. The van der Waals surface area contributed by atoms with E-state index in [0.29, 0.717) is 13.0 Å². The molecule has 0 amide bonds. The van der Waals surface area contributed by atoms with E-state index in [1.165, 1.54) is 199 Å². The molecular weight excluding hydrogens is 758 g/mol. The van der Waals surface area contributed by atoms with Crippen molar-refractivity contribution in [3.8, 4) is 0 Å². The third-order valence-corrected chi connectivity index (χ3v) is 12.4. The number of hydrogen-bond donors (Lipinski definition) is 2. The van der Waals surface area contributed by atoms with Crippen molar-refractivity contribution in [3.05, 3.63) is 12.2 Å².